The van der Waals surface area contributed by atoms with Crippen molar-refractivity contribution in [2.45, 2.75) is 25.4 Å². The molecule has 1 aliphatic heterocycles. The van der Waals surface area contributed by atoms with Crippen LogP contribution in [0.3, 0.4) is 0 Å². The molecule has 0 atom stereocenters. The number of rotatable bonds is 6. The van der Waals surface area contributed by atoms with Crippen molar-refractivity contribution in [2.24, 2.45) is 0 Å². The van der Waals surface area contributed by atoms with Crippen LogP contribution < -0.4 is 5.32 Å². The van der Waals surface area contributed by atoms with Crippen LogP contribution in [0.1, 0.15) is 18.4 Å². The van der Waals surface area contributed by atoms with Crippen molar-refractivity contribution in [3.8, 4) is 0 Å². The first-order valence-electron chi connectivity index (χ1n) is 7.38. The molecule has 1 heterocycles. The maximum Gasteiger partial charge on any atom is 0.0233 e. The molecule has 0 bridgehead atoms. The van der Waals surface area contributed by atoms with Crippen LogP contribution in [0.5, 0.6) is 0 Å². The molecule has 5 heteroatoms. The van der Waals surface area contributed by atoms with Gasteiger partial charge in [0.1, 0.15) is 0 Å². The lowest BCUT2D eigenvalue weighted by molar-refractivity contribution is 0.189. The number of hydrogen-bond donors (Lipinski definition) is 1. The molecule has 1 fully saturated rings. The van der Waals surface area contributed by atoms with Gasteiger partial charge in [-0.15, -0.1) is 24.8 Å². The van der Waals surface area contributed by atoms with E-state index in [0.29, 0.717) is 6.04 Å². The third-order valence-corrected chi connectivity index (χ3v) is 3.83. The predicted molar refractivity (Wildman–Crippen MR) is 95.8 cm³/mol. The molecule has 1 aromatic carbocycles. The van der Waals surface area contributed by atoms with E-state index >= 15 is 0 Å². The van der Waals surface area contributed by atoms with Gasteiger partial charge in [0.25, 0.3) is 0 Å². The van der Waals surface area contributed by atoms with Crippen LogP contribution >= 0.6 is 24.8 Å². The minimum Gasteiger partial charge on any atom is -0.313 e. The molecule has 1 aromatic rings. The molecular formula is C16H29Cl2N3. The molecule has 3 nitrogen and oxygen atoms in total. The molecule has 0 aliphatic carbocycles. The fourth-order valence-electron chi connectivity index (χ4n) is 2.63. The molecule has 0 radical (unpaired) electrons. The molecule has 0 unspecified atom stereocenters. The summed E-state index contributed by atoms with van der Waals surface area (Å²) in [4.78, 5) is 4.80. The smallest absolute Gasteiger partial charge is 0.0233 e. The van der Waals surface area contributed by atoms with Crippen molar-refractivity contribution in [2.75, 3.05) is 40.3 Å². The zero-order valence-corrected chi connectivity index (χ0v) is 14.8. The van der Waals surface area contributed by atoms with Crippen LogP contribution in [0, 0.1) is 0 Å². The van der Waals surface area contributed by atoms with E-state index in [4.69, 9.17) is 0 Å². The van der Waals surface area contributed by atoms with E-state index in [9.17, 15) is 0 Å². The summed E-state index contributed by atoms with van der Waals surface area (Å²) in [5, 5.41) is 3.67. The number of likely N-dealkylation sites (tertiary alicyclic amines) is 1. The van der Waals surface area contributed by atoms with Crippen LogP contribution in [0.25, 0.3) is 0 Å². The van der Waals surface area contributed by atoms with E-state index in [-0.39, 0.29) is 24.8 Å². The fourth-order valence-corrected chi connectivity index (χ4v) is 2.63. The standard InChI is InChI=1S/C16H27N3.2ClH/c1-18(2)13-10-17-16-8-11-19(12-9-16)14-15-6-4-3-5-7-15;;/h3-7,16-17H,8-14H2,1-2H3;2*1H. The highest BCUT2D eigenvalue weighted by atomic mass is 35.5. The summed E-state index contributed by atoms with van der Waals surface area (Å²) in [6.07, 6.45) is 2.56. The summed E-state index contributed by atoms with van der Waals surface area (Å²) >= 11 is 0. The van der Waals surface area contributed by atoms with Gasteiger partial charge < -0.3 is 10.2 Å². The molecule has 0 spiro atoms. The highest BCUT2D eigenvalue weighted by Crippen LogP contribution is 2.13. The third kappa shape index (κ3) is 8.03. The van der Waals surface area contributed by atoms with E-state index < -0.39 is 0 Å². The van der Waals surface area contributed by atoms with E-state index in [1.54, 1.807) is 0 Å². The molecule has 1 aliphatic rings. The molecule has 2 rings (SSSR count). The summed E-state index contributed by atoms with van der Waals surface area (Å²) in [6, 6.07) is 11.5. The third-order valence-electron chi connectivity index (χ3n) is 3.83. The van der Waals surface area contributed by atoms with E-state index in [0.717, 1.165) is 19.6 Å². The van der Waals surface area contributed by atoms with Gasteiger partial charge in [-0.3, -0.25) is 4.90 Å². The number of likely N-dealkylation sites (N-methyl/N-ethyl adjacent to an activating group) is 1. The second-order valence-corrected chi connectivity index (χ2v) is 5.79. The van der Waals surface area contributed by atoms with Crippen LogP contribution in [-0.4, -0.2) is 56.1 Å². The number of halogens is 2. The van der Waals surface area contributed by atoms with E-state index in [1.807, 2.05) is 0 Å². The monoisotopic (exact) mass is 333 g/mol. The van der Waals surface area contributed by atoms with Crippen molar-refractivity contribution in [3.05, 3.63) is 35.9 Å². The van der Waals surface area contributed by atoms with E-state index in [1.165, 1.54) is 31.5 Å². The Balaban J connectivity index is 0.00000200. The molecule has 1 saturated heterocycles. The van der Waals surface area contributed by atoms with Gasteiger partial charge in [-0.25, -0.2) is 0 Å². The van der Waals surface area contributed by atoms with Crippen LogP contribution in [0.15, 0.2) is 30.3 Å². The Morgan fingerprint density at radius 1 is 1.10 bits per heavy atom. The fraction of sp³-hybridized carbons (Fsp3) is 0.625. The molecular weight excluding hydrogens is 305 g/mol. The first kappa shape index (κ1) is 20.7. The van der Waals surface area contributed by atoms with Crippen molar-refractivity contribution < 1.29 is 0 Å². The van der Waals surface area contributed by atoms with Gasteiger partial charge in [0, 0.05) is 25.7 Å². The number of piperidine rings is 1. The Kier molecular flexibility index (Phi) is 11.1. The first-order chi connectivity index (χ1) is 9.24. The molecule has 0 aromatic heterocycles. The summed E-state index contributed by atoms with van der Waals surface area (Å²) in [7, 11) is 4.26. The van der Waals surface area contributed by atoms with Crippen molar-refractivity contribution in [1.29, 1.82) is 0 Å². The topological polar surface area (TPSA) is 18.5 Å². The maximum atomic E-state index is 3.67. The Morgan fingerprint density at radius 2 is 1.71 bits per heavy atom. The minimum atomic E-state index is 0. The zero-order chi connectivity index (χ0) is 13.5. The zero-order valence-electron chi connectivity index (χ0n) is 13.1. The Hall–Kier alpha value is -0.320. The average molecular weight is 334 g/mol. The second kappa shape index (κ2) is 11.3. The van der Waals surface area contributed by atoms with Gasteiger partial charge >= 0.3 is 0 Å². The van der Waals surface area contributed by atoms with Crippen molar-refractivity contribution in [1.82, 2.24) is 15.1 Å². The Morgan fingerprint density at radius 3 is 2.29 bits per heavy atom. The van der Waals surface area contributed by atoms with Crippen molar-refractivity contribution >= 4 is 24.8 Å². The largest absolute Gasteiger partial charge is 0.313 e. The lowest BCUT2D eigenvalue weighted by Gasteiger charge is -2.32. The summed E-state index contributed by atoms with van der Waals surface area (Å²) in [5.74, 6) is 0. The first-order valence-corrected chi connectivity index (χ1v) is 7.38. The molecule has 1 N–H and O–H groups in total. The van der Waals surface area contributed by atoms with Crippen LogP contribution in [-0.2, 0) is 6.54 Å². The maximum absolute atomic E-state index is 3.67. The predicted octanol–water partition coefficient (Wildman–Crippen LogP) is 2.65. The van der Waals surface area contributed by atoms with Gasteiger partial charge in [0.15, 0.2) is 0 Å². The Labute approximate surface area is 141 Å². The van der Waals surface area contributed by atoms with Crippen LogP contribution in [0.2, 0.25) is 0 Å². The van der Waals surface area contributed by atoms with E-state index in [2.05, 4.69) is 59.5 Å². The van der Waals surface area contributed by atoms with Crippen molar-refractivity contribution in [3.63, 3.8) is 0 Å². The second-order valence-electron chi connectivity index (χ2n) is 5.79. The van der Waals surface area contributed by atoms with Gasteiger partial charge in [0.05, 0.1) is 0 Å². The summed E-state index contributed by atoms with van der Waals surface area (Å²) < 4.78 is 0. The van der Waals surface area contributed by atoms with Crippen LogP contribution in [0.4, 0.5) is 0 Å². The molecule has 122 valence electrons. The quantitative estimate of drug-likeness (QED) is 0.863. The SMILES string of the molecule is CN(C)CCNC1CCN(Cc2ccccc2)CC1.Cl.Cl. The number of hydrogen-bond acceptors (Lipinski definition) is 3. The number of benzene rings is 1. The molecule has 0 amide bonds. The van der Waals surface area contributed by atoms with Gasteiger partial charge in [-0.2, -0.15) is 0 Å². The molecule has 0 saturated carbocycles. The highest BCUT2D eigenvalue weighted by Gasteiger charge is 2.18. The highest BCUT2D eigenvalue weighted by molar-refractivity contribution is 5.85. The lowest BCUT2D eigenvalue weighted by Crippen LogP contribution is -2.43. The minimum absolute atomic E-state index is 0. The molecule has 21 heavy (non-hydrogen) atoms. The summed E-state index contributed by atoms with van der Waals surface area (Å²) in [6.45, 7) is 5.77. The van der Waals surface area contributed by atoms with Gasteiger partial charge in [-0.1, -0.05) is 30.3 Å². The normalized spacial score (nSPS) is 16.3. The number of nitrogens with one attached hydrogen (secondary N) is 1. The Bertz CT molecular complexity index is 352. The lowest BCUT2D eigenvalue weighted by atomic mass is 10.0. The summed E-state index contributed by atoms with van der Waals surface area (Å²) in [5.41, 5.74) is 1.43. The number of nitrogens with zero attached hydrogens (tertiary/aromatic N) is 2. The van der Waals surface area contributed by atoms with Gasteiger partial charge in [0.2, 0.25) is 0 Å². The van der Waals surface area contributed by atoms with Gasteiger partial charge in [-0.05, 0) is 45.6 Å². The average Bonchev–Trinajstić information content (AvgIpc) is 2.42.